The van der Waals surface area contributed by atoms with Crippen molar-refractivity contribution in [2.75, 3.05) is 32.8 Å². The lowest BCUT2D eigenvalue weighted by Gasteiger charge is -2.35. The molecule has 2 heterocycles. The Bertz CT molecular complexity index is 494. The average molecular weight is 278 g/mol. The summed E-state index contributed by atoms with van der Waals surface area (Å²) < 4.78 is 16.8. The lowest BCUT2D eigenvalue weighted by molar-refractivity contribution is -0.148. The van der Waals surface area contributed by atoms with Gasteiger partial charge in [0.05, 0.1) is 12.7 Å². The van der Waals surface area contributed by atoms with Crippen LogP contribution in [0.25, 0.3) is 0 Å². The molecule has 2 atom stereocenters. The Labute approximate surface area is 117 Å². The minimum atomic E-state index is -0.596. The van der Waals surface area contributed by atoms with Crippen molar-refractivity contribution in [1.29, 1.82) is 0 Å². The Morgan fingerprint density at radius 2 is 2.15 bits per heavy atom. The zero-order valence-corrected chi connectivity index (χ0v) is 11.2. The summed E-state index contributed by atoms with van der Waals surface area (Å²) in [5.41, 5.74) is 5.59. The molecule has 3 rings (SSSR count). The van der Waals surface area contributed by atoms with Crippen molar-refractivity contribution >= 4 is 5.91 Å². The van der Waals surface area contributed by atoms with Crippen LogP contribution in [0.15, 0.2) is 24.3 Å². The number of ether oxygens (including phenoxy) is 3. The summed E-state index contributed by atoms with van der Waals surface area (Å²) in [6.45, 7) is 2.24. The summed E-state index contributed by atoms with van der Waals surface area (Å²) in [6.07, 6.45) is -0.689. The molecule has 0 aromatic heterocycles. The molecular formula is C14H18N2O4. The predicted molar refractivity (Wildman–Crippen MR) is 71.7 cm³/mol. The van der Waals surface area contributed by atoms with E-state index in [0.717, 1.165) is 0 Å². The fourth-order valence-electron chi connectivity index (χ4n) is 2.41. The van der Waals surface area contributed by atoms with Gasteiger partial charge in [0.15, 0.2) is 11.5 Å². The third-order valence-corrected chi connectivity index (χ3v) is 3.50. The van der Waals surface area contributed by atoms with E-state index in [-0.39, 0.29) is 18.6 Å². The molecule has 0 saturated carbocycles. The number of carbonyl (C=O) groups excluding carboxylic acids is 1. The van der Waals surface area contributed by atoms with Gasteiger partial charge >= 0.3 is 0 Å². The van der Waals surface area contributed by atoms with Gasteiger partial charge in [0.2, 0.25) is 6.10 Å². The molecule has 0 radical (unpaired) electrons. The molecule has 0 aliphatic carbocycles. The minimum Gasteiger partial charge on any atom is -0.485 e. The lowest BCUT2D eigenvalue weighted by atomic mass is 10.2. The first-order valence-corrected chi connectivity index (χ1v) is 6.77. The summed E-state index contributed by atoms with van der Waals surface area (Å²) in [6, 6.07) is 7.36. The van der Waals surface area contributed by atoms with E-state index < -0.39 is 6.10 Å². The number of para-hydroxylation sites is 2. The molecule has 2 aliphatic rings. The first-order valence-electron chi connectivity index (χ1n) is 6.77. The largest absolute Gasteiger partial charge is 0.485 e. The maximum Gasteiger partial charge on any atom is 0.267 e. The molecule has 108 valence electrons. The van der Waals surface area contributed by atoms with Gasteiger partial charge in [-0.25, -0.2) is 0 Å². The van der Waals surface area contributed by atoms with Crippen molar-refractivity contribution in [3.8, 4) is 11.5 Å². The van der Waals surface area contributed by atoms with Gasteiger partial charge in [-0.2, -0.15) is 0 Å². The Balaban J connectivity index is 1.67. The second-order valence-electron chi connectivity index (χ2n) is 4.88. The van der Waals surface area contributed by atoms with Gasteiger partial charge < -0.3 is 24.8 Å². The maximum atomic E-state index is 12.4. The van der Waals surface area contributed by atoms with E-state index in [4.69, 9.17) is 19.9 Å². The summed E-state index contributed by atoms with van der Waals surface area (Å²) in [7, 11) is 0. The topological polar surface area (TPSA) is 74.0 Å². The fourth-order valence-corrected chi connectivity index (χ4v) is 2.41. The van der Waals surface area contributed by atoms with E-state index in [1.807, 2.05) is 18.2 Å². The Morgan fingerprint density at radius 3 is 2.95 bits per heavy atom. The molecule has 1 fully saturated rings. The highest BCUT2D eigenvalue weighted by Gasteiger charge is 2.33. The molecule has 1 aromatic carbocycles. The summed E-state index contributed by atoms with van der Waals surface area (Å²) in [5, 5.41) is 0. The third-order valence-electron chi connectivity index (χ3n) is 3.50. The van der Waals surface area contributed by atoms with Gasteiger partial charge in [-0.05, 0) is 12.1 Å². The van der Waals surface area contributed by atoms with Gasteiger partial charge in [-0.3, -0.25) is 4.79 Å². The van der Waals surface area contributed by atoms with E-state index in [0.29, 0.717) is 37.7 Å². The van der Waals surface area contributed by atoms with Crippen LogP contribution in [0, 0.1) is 0 Å². The molecule has 2 aliphatic heterocycles. The summed E-state index contributed by atoms with van der Waals surface area (Å²) >= 11 is 0. The number of amides is 1. The number of nitrogens with zero attached hydrogens (tertiary/aromatic N) is 1. The Morgan fingerprint density at radius 1 is 1.35 bits per heavy atom. The monoisotopic (exact) mass is 278 g/mol. The van der Waals surface area contributed by atoms with Gasteiger partial charge in [-0.15, -0.1) is 0 Å². The van der Waals surface area contributed by atoms with Crippen molar-refractivity contribution in [3.63, 3.8) is 0 Å². The van der Waals surface area contributed by atoms with Crippen molar-refractivity contribution in [2.45, 2.75) is 12.2 Å². The van der Waals surface area contributed by atoms with Crippen LogP contribution in [-0.2, 0) is 9.53 Å². The molecule has 0 spiro atoms. The molecule has 1 amide bonds. The smallest absolute Gasteiger partial charge is 0.267 e. The quantitative estimate of drug-likeness (QED) is 0.825. The number of hydrogen-bond donors (Lipinski definition) is 1. The van der Waals surface area contributed by atoms with Gasteiger partial charge in [0.25, 0.3) is 5.91 Å². The highest BCUT2D eigenvalue weighted by molar-refractivity contribution is 5.82. The van der Waals surface area contributed by atoms with Crippen molar-refractivity contribution in [2.24, 2.45) is 5.73 Å². The first kappa shape index (κ1) is 13.2. The number of rotatable bonds is 2. The molecule has 2 N–H and O–H groups in total. The first-order chi connectivity index (χ1) is 9.78. The molecule has 6 heteroatoms. The molecule has 0 bridgehead atoms. The number of benzene rings is 1. The number of morpholine rings is 1. The van der Waals surface area contributed by atoms with E-state index in [9.17, 15) is 4.79 Å². The van der Waals surface area contributed by atoms with E-state index >= 15 is 0 Å². The molecule has 20 heavy (non-hydrogen) atoms. The van der Waals surface area contributed by atoms with Crippen molar-refractivity contribution < 1.29 is 19.0 Å². The molecule has 1 saturated heterocycles. The number of hydrogen-bond acceptors (Lipinski definition) is 5. The van der Waals surface area contributed by atoms with Crippen LogP contribution in [0.5, 0.6) is 11.5 Å². The van der Waals surface area contributed by atoms with E-state index in [1.165, 1.54) is 0 Å². The van der Waals surface area contributed by atoms with Gasteiger partial charge in [0, 0.05) is 19.6 Å². The maximum absolute atomic E-state index is 12.4. The third kappa shape index (κ3) is 2.57. The molecular weight excluding hydrogens is 260 g/mol. The highest BCUT2D eigenvalue weighted by atomic mass is 16.6. The Hall–Kier alpha value is -1.79. The van der Waals surface area contributed by atoms with Crippen LogP contribution in [0.3, 0.4) is 0 Å². The second-order valence-corrected chi connectivity index (χ2v) is 4.88. The molecule has 1 aromatic rings. The Kier molecular flexibility index (Phi) is 3.75. The zero-order chi connectivity index (χ0) is 13.9. The predicted octanol–water partition coefficient (Wildman–Crippen LogP) is 0.0125. The van der Waals surface area contributed by atoms with Crippen LogP contribution in [-0.4, -0.2) is 55.9 Å². The SMILES string of the molecule is NCC1CN(C(=O)C2COc3ccccc3O2)CCO1. The fraction of sp³-hybridized carbons (Fsp3) is 0.500. The highest BCUT2D eigenvalue weighted by Crippen LogP contribution is 2.31. The average Bonchev–Trinajstić information content (AvgIpc) is 2.53. The summed E-state index contributed by atoms with van der Waals surface area (Å²) in [5.74, 6) is 1.22. The van der Waals surface area contributed by atoms with Crippen LogP contribution in [0.2, 0.25) is 0 Å². The van der Waals surface area contributed by atoms with Crippen LogP contribution in [0.4, 0.5) is 0 Å². The van der Waals surface area contributed by atoms with Gasteiger partial charge in [0.1, 0.15) is 6.61 Å². The lowest BCUT2D eigenvalue weighted by Crippen LogP contribution is -2.53. The van der Waals surface area contributed by atoms with Crippen LogP contribution < -0.4 is 15.2 Å². The molecule has 2 unspecified atom stereocenters. The van der Waals surface area contributed by atoms with Crippen molar-refractivity contribution in [3.05, 3.63) is 24.3 Å². The number of fused-ring (bicyclic) bond motifs is 1. The number of nitrogens with two attached hydrogens (primary N) is 1. The summed E-state index contributed by atoms with van der Waals surface area (Å²) in [4.78, 5) is 14.2. The van der Waals surface area contributed by atoms with E-state index in [2.05, 4.69) is 0 Å². The second kappa shape index (κ2) is 5.68. The van der Waals surface area contributed by atoms with Gasteiger partial charge in [-0.1, -0.05) is 12.1 Å². The van der Waals surface area contributed by atoms with Crippen molar-refractivity contribution in [1.82, 2.24) is 4.90 Å². The van der Waals surface area contributed by atoms with Crippen LogP contribution >= 0.6 is 0 Å². The standard InChI is InChI=1S/C14H18N2O4/c15-7-10-8-16(5-6-18-10)14(17)13-9-19-11-3-1-2-4-12(11)20-13/h1-4,10,13H,5-9,15H2. The number of carbonyl (C=O) groups is 1. The van der Waals surface area contributed by atoms with Crippen LogP contribution in [0.1, 0.15) is 0 Å². The normalized spacial score (nSPS) is 25.4. The van der Waals surface area contributed by atoms with E-state index in [1.54, 1.807) is 11.0 Å². The molecule has 6 nitrogen and oxygen atoms in total. The zero-order valence-electron chi connectivity index (χ0n) is 11.2. The minimum absolute atomic E-state index is 0.0683.